The summed E-state index contributed by atoms with van der Waals surface area (Å²) < 4.78 is 5.30. The van der Waals surface area contributed by atoms with Gasteiger partial charge >= 0.3 is 0 Å². The highest BCUT2D eigenvalue weighted by Gasteiger charge is 2.23. The maximum absolute atomic E-state index is 12.5. The van der Waals surface area contributed by atoms with Gasteiger partial charge in [-0.3, -0.25) is 9.59 Å². The van der Waals surface area contributed by atoms with Crippen molar-refractivity contribution in [2.45, 2.75) is 31.6 Å². The van der Waals surface area contributed by atoms with Crippen molar-refractivity contribution in [3.05, 3.63) is 59.2 Å². The van der Waals surface area contributed by atoms with Gasteiger partial charge in [-0.05, 0) is 66.6 Å². The summed E-state index contributed by atoms with van der Waals surface area (Å²) in [4.78, 5) is 24.3. The summed E-state index contributed by atoms with van der Waals surface area (Å²) in [6.45, 7) is 0. The Morgan fingerprint density at radius 1 is 1.19 bits per heavy atom. The Bertz CT molecular complexity index is 817. The Morgan fingerprint density at radius 3 is 2.81 bits per heavy atom. The van der Waals surface area contributed by atoms with Crippen LogP contribution in [0.3, 0.4) is 0 Å². The molecule has 0 aromatic heterocycles. The van der Waals surface area contributed by atoms with E-state index in [1.165, 1.54) is 11.1 Å². The molecule has 1 atom stereocenters. The van der Waals surface area contributed by atoms with E-state index in [0.29, 0.717) is 17.7 Å². The Labute approximate surface area is 153 Å². The highest BCUT2D eigenvalue weighted by atomic mass is 16.5. The molecule has 5 heteroatoms. The minimum absolute atomic E-state index is 0.0345. The number of methoxy groups -OCH3 is 1. The molecular formula is C21H24N2O3. The van der Waals surface area contributed by atoms with Crippen molar-refractivity contribution in [2.75, 3.05) is 19.5 Å². The third kappa shape index (κ3) is 4.04. The first-order chi connectivity index (χ1) is 12.6. The van der Waals surface area contributed by atoms with Crippen LogP contribution in [0, 0.1) is 0 Å². The quantitative estimate of drug-likeness (QED) is 0.865. The van der Waals surface area contributed by atoms with Gasteiger partial charge in [-0.25, -0.2) is 0 Å². The third-order valence-electron chi connectivity index (χ3n) is 4.86. The maximum Gasteiger partial charge on any atom is 0.251 e. The monoisotopic (exact) mass is 352 g/mol. The number of fused-ring (bicyclic) bond motifs is 1. The number of carbonyl (C=O) groups is 2. The number of ether oxygens (including phenoxy) is 1. The Hall–Kier alpha value is -2.82. The normalized spacial score (nSPS) is 15.7. The zero-order valence-corrected chi connectivity index (χ0v) is 15.2. The van der Waals surface area contributed by atoms with E-state index in [2.05, 4.69) is 22.8 Å². The standard InChI is InChI=1S/C21H24N2O3/c1-22-21(25)16-7-4-8-17(11-16)23-20(24)13-15-6-3-5-14-12-18(26-2)9-10-19(14)15/h4,7-12,15H,3,5-6,13H2,1-2H3,(H,22,25)(H,23,24). The van der Waals surface area contributed by atoms with E-state index in [1.54, 1.807) is 38.4 Å². The van der Waals surface area contributed by atoms with Crippen molar-refractivity contribution in [2.24, 2.45) is 0 Å². The molecule has 0 radical (unpaired) electrons. The first kappa shape index (κ1) is 18.0. The van der Waals surface area contributed by atoms with Crippen molar-refractivity contribution in [1.82, 2.24) is 5.32 Å². The number of carbonyl (C=O) groups excluding carboxylic acids is 2. The summed E-state index contributed by atoms with van der Waals surface area (Å²) in [5, 5.41) is 5.50. The first-order valence-corrected chi connectivity index (χ1v) is 8.89. The first-order valence-electron chi connectivity index (χ1n) is 8.89. The van der Waals surface area contributed by atoms with Gasteiger partial charge in [0.1, 0.15) is 5.75 Å². The van der Waals surface area contributed by atoms with E-state index >= 15 is 0 Å². The third-order valence-corrected chi connectivity index (χ3v) is 4.86. The van der Waals surface area contributed by atoms with Crippen LogP contribution in [0.5, 0.6) is 5.75 Å². The molecule has 0 heterocycles. The molecule has 2 amide bonds. The minimum Gasteiger partial charge on any atom is -0.497 e. The number of aryl methyl sites for hydroxylation is 1. The van der Waals surface area contributed by atoms with Gasteiger partial charge in [-0.2, -0.15) is 0 Å². The number of rotatable bonds is 5. The summed E-state index contributed by atoms with van der Waals surface area (Å²) in [6, 6.07) is 13.1. The minimum atomic E-state index is -0.170. The van der Waals surface area contributed by atoms with Crippen molar-refractivity contribution in [1.29, 1.82) is 0 Å². The van der Waals surface area contributed by atoms with Gasteiger partial charge in [-0.15, -0.1) is 0 Å². The molecule has 2 aromatic carbocycles. The predicted molar refractivity (Wildman–Crippen MR) is 102 cm³/mol. The van der Waals surface area contributed by atoms with E-state index in [1.807, 2.05) is 6.07 Å². The second-order valence-corrected chi connectivity index (χ2v) is 6.57. The molecule has 0 bridgehead atoms. The molecule has 1 aliphatic rings. The largest absolute Gasteiger partial charge is 0.497 e. The van der Waals surface area contributed by atoms with Crippen molar-refractivity contribution in [3.8, 4) is 5.75 Å². The molecule has 136 valence electrons. The van der Waals surface area contributed by atoms with Gasteiger partial charge in [0.2, 0.25) is 5.91 Å². The van der Waals surface area contributed by atoms with E-state index in [4.69, 9.17) is 4.74 Å². The molecule has 26 heavy (non-hydrogen) atoms. The fourth-order valence-corrected chi connectivity index (χ4v) is 3.55. The second-order valence-electron chi connectivity index (χ2n) is 6.57. The smallest absolute Gasteiger partial charge is 0.251 e. The summed E-state index contributed by atoms with van der Waals surface area (Å²) in [5.41, 5.74) is 3.68. The second kappa shape index (κ2) is 8.04. The van der Waals surface area contributed by atoms with Gasteiger partial charge in [0.15, 0.2) is 0 Å². The van der Waals surface area contributed by atoms with Crippen molar-refractivity contribution >= 4 is 17.5 Å². The number of benzene rings is 2. The van der Waals surface area contributed by atoms with E-state index in [9.17, 15) is 9.59 Å². The molecule has 0 saturated heterocycles. The van der Waals surface area contributed by atoms with E-state index in [0.717, 1.165) is 25.0 Å². The average molecular weight is 352 g/mol. The number of hydrogen-bond acceptors (Lipinski definition) is 3. The van der Waals surface area contributed by atoms with Crippen LogP contribution < -0.4 is 15.4 Å². The molecule has 0 aliphatic heterocycles. The molecular weight excluding hydrogens is 328 g/mol. The Balaban J connectivity index is 1.69. The van der Waals surface area contributed by atoms with Crippen molar-refractivity contribution in [3.63, 3.8) is 0 Å². The lowest BCUT2D eigenvalue weighted by molar-refractivity contribution is -0.116. The lowest BCUT2D eigenvalue weighted by Crippen LogP contribution is -2.20. The number of hydrogen-bond donors (Lipinski definition) is 2. The lowest BCUT2D eigenvalue weighted by atomic mass is 9.81. The number of nitrogens with one attached hydrogen (secondary N) is 2. The number of anilines is 1. The lowest BCUT2D eigenvalue weighted by Gasteiger charge is -2.25. The molecule has 2 aromatic rings. The van der Waals surface area contributed by atoms with Crippen LogP contribution in [0.2, 0.25) is 0 Å². The fourth-order valence-electron chi connectivity index (χ4n) is 3.55. The summed E-state index contributed by atoms with van der Waals surface area (Å²) in [7, 11) is 3.26. The Morgan fingerprint density at radius 2 is 2.04 bits per heavy atom. The molecule has 0 saturated carbocycles. The molecule has 3 rings (SSSR count). The van der Waals surface area contributed by atoms with Crippen LogP contribution in [-0.2, 0) is 11.2 Å². The Kier molecular flexibility index (Phi) is 5.56. The number of amides is 2. The van der Waals surface area contributed by atoms with Gasteiger partial charge in [-0.1, -0.05) is 12.1 Å². The average Bonchev–Trinajstić information content (AvgIpc) is 2.67. The van der Waals surface area contributed by atoms with Gasteiger partial charge < -0.3 is 15.4 Å². The molecule has 0 fully saturated rings. The predicted octanol–water partition coefficient (Wildman–Crippen LogP) is 3.50. The van der Waals surface area contributed by atoms with Crippen LogP contribution in [0.4, 0.5) is 5.69 Å². The SMILES string of the molecule is CNC(=O)c1cccc(NC(=O)CC2CCCc3cc(OC)ccc32)c1. The van der Waals surface area contributed by atoms with Crippen LogP contribution in [-0.4, -0.2) is 26.0 Å². The van der Waals surface area contributed by atoms with E-state index < -0.39 is 0 Å². The van der Waals surface area contributed by atoms with Crippen LogP contribution in [0.1, 0.15) is 46.7 Å². The van der Waals surface area contributed by atoms with Crippen LogP contribution in [0.15, 0.2) is 42.5 Å². The molecule has 1 unspecified atom stereocenters. The maximum atomic E-state index is 12.5. The van der Waals surface area contributed by atoms with Crippen LogP contribution >= 0.6 is 0 Å². The van der Waals surface area contributed by atoms with Crippen LogP contribution in [0.25, 0.3) is 0 Å². The zero-order chi connectivity index (χ0) is 18.5. The topological polar surface area (TPSA) is 67.4 Å². The highest BCUT2D eigenvalue weighted by molar-refractivity contribution is 5.97. The molecule has 0 spiro atoms. The fraction of sp³-hybridized carbons (Fsp3) is 0.333. The van der Waals surface area contributed by atoms with Gasteiger partial charge in [0.25, 0.3) is 5.91 Å². The molecule has 1 aliphatic carbocycles. The zero-order valence-electron chi connectivity index (χ0n) is 15.2. The van der Waals surface area contributed by atoms with Gasteiger partial charge in [0.05, 0.1) is 7.11 Å². The summed E-state index contributed by atoms with van der Waals surface area (Å²) in [5.74, 6) is 0.871. The summed E-state index contributed by atoms with van der Waals surface area (Å²) >= 11 is 0. The van der Waals surface area contributed by atoms with E-state index in [-0.39, 0.29) is 17.7 Å². The van der Waals surface area contributed by atoms with Gasteiger partial charge in [0, 0.05) is 24.7 Å². The summed E-state index contributed by atoms with van der Waals surface area (Å²) in [6.07, 6.45) is 3.54. The highest BCUT2D eigenvalue weighted by Crippen LogP contribution is 2.36. The molecule has 5 nitrogen and oxygen atoms in total. The van der Waals surface area contributed by atoms with Crippen molar-refractivity contribution < 1.29 is 14.3 Å². The molecule has 2 N–H and O–H groups in total.